The lowest BCUT2D eigenvalue weighted by Crippen LogP contribution is -2.03. The Balaban J connectivity index is 2.42. The number of cyclic esters (lactones) is 2. The van der Waals surface area contributed by atoms with Gasteiger partial charge in [-0.25, -0.2) is 4.79 Å². The smallest absolute Gasteiger partial charge is 0.425 e. The zero-order valence-electron chi connectivity index (χ0n) is 5.56. The molecule has 1 aliphatic rings. The van der Waals surface area contributed by atoms with E-state index < -0.39 is 20.0 Å². The summed E-state index contributed by atoms with van der Waals surface area (Å²) >= 11 is 0. The molecule has 0 aliphatic carbocycles. The molecule has 0 radical (unpaired) electrons. The van der Waals surface area contributed by atoms with Gasteiger partial charge in [0.25, 0.3) is 0 Å². The van der Waals surface area contributed by atoms with Gasteiger partial charge in [0.1, 0.15) is 6.26 Å². The topological polar surface area (TPSA) is 61.8 Å². The van der Waals surface area contributed by atoms with E-state index in [2.05, 4.69) is 20.6 Å². The maximum atomic E-state index is 10.9. The van der Waals surface area contributed by atoms with E-state index >= 15 is 0 Å². The van der Waals surface area contributed by atoms with Crippen molar-refractivity contribution in [2.45, 2.75) is 5.85 Å². The zero-order chi connectivity index (χ0) is 8.27. The fraction of sp³-hybridized carbons (Fsp3) is 0.400. The lowest BCUT2D eigenvalue weighted by Gasteiger charge is -1.88. The Labute approximate surface area is 63.8 Å². The van der Waals surface area contributed by atoms with Crippen LogP contribution in [0.4, 0.5) is 4.79 Å². The van der Waals surface area contributed by atoms with Crippen molar-refractivity contribution in [2.24, 2.45) is 0 Å². The predicted molar refractivity (Wildman–Crippen MR) is 35.1 cm³/mol. The zero-order valence-corrected chi connectivity index (χ0v) is 6.45. The molecular formula is C5H6O5P+. The van der Waals surface area contributed by atoms with Crippen LogP contribution in [0.2, 0.25) is 0 Å². The Morgan fingerprint density at radius 1 is 1.82 bits per heavy atom. The highest BCUT2D eigenvalue weighted by Crippen LogP contribution is 2.33. The molecule has 0 N–H and O–H groups in total. The molecule has 0 aromatic carbocycles. The molecule has 0 amide bonds. The minimum absolute atomic E-state index is 0.0259. The van der Waals surface area contributed by atoms with E-state index in [0.717, 1.165) is 6.26 Å². The molecule has 0 saturated carbocycles. The average molecular weight is 177 g/mol. The number of hydrogen-bond acceptors (Lipinski definition) is 5. The highest BCUT2D eigenvalue weighted by atomic mass is 31.1. The maximum absolute atomic E-state index is 10.9. The lowest BCUT2D eigenvalue weighted by atomic mass is 10.8. The van der Waals surface area contributed by atoms with Gasteiger partial charge in [0, 0.05) is 0 Å². The summed E-state index contributed by atoms with van der Waals surface area (Å²) in [5.74, 6) is -0.796. The van der Waals surface area contributed by atoms with Crippen LogP contribution in [0, 0.1) is 0 Å². The van der Waals surface area contributed by atoms with Gasteiger partial charge in [-0.3, -0.25) is 4.52 Å². The van der Waals surface area contributed by atoms with E-state index in [4.69, 9.17) is 0 Å². The number of carbonyl (C=O) groups excluding carboxylic acids is 1. The summed E-state index contributed by atoms with van der Waals surface area (Å²) in [4.78, 5) is 10.3. The lowest BCUT2D eigenvalue weighted by molar-refractivity contribution is 0.127. The third-order valence-corrected chi connectivity index (χ3v) is 2.07. The second kappa shape index (κ2) is 3.34. The molecular weight excluding hydrogens is 171 g/mol. The highest BCUT2D eigenvalue weighted by Gasteiger charge is 2.43. The Bertz CT molecular complexity index is 201. The molecule has 1 rings (SSSR count). The average Bonchev–Trinajstić information content (AvgIpc) is 2.36. The van der Waals surface area contributed by atoms with Crippen molar-refractivity contribution in [2.75, 3.05) is 6.61 Å². The molecule has 0 aromatic rings. The van der Waals surface area contributed by atoms with Crippen LogP contribution in [-0.4, -0.2) is 18.6 Å². The first-order valence-electron chi connectivity index (χ1n) is 2.81. The third-order valence-electron chi connectivity index (χ3n) is 0.990. The quantitative estimate of drug-likeness (QED) is 0.370. The first kappa shape index (κ1) is 8.01. The van der Waals surface area contributed by atoms with Crippen molar-refractivity contribution >= 4 is 14.2 Å². The van der Waals surface area contributed by atoms with Crippen molar-refractivity contribution < 1.29 is 23.4 Å². The summed E-state index contributed by atoms with van der Waals surface area (Å²) in [5, 5.41) is 0. The SMILES string of the molecule is C=CO[P+](=O)C1COC(=O)O1. The van der Waals surface area contributed by atoms with Crippen molar-refractivity contribution in [1.29, 1.82) is 0 Å². The molecule has 1 saturated heterocycles. The summed E-state index contributed by atoms with van der Waals surface area (Å²) in [6.45, 7) is 3.18. The van der Waals surface area contributed by atoms with Crippen LogP contribution in [0.25, 0.3) is 0 Å². The van der Waals surface area contributed by atoms with Gasteiger partial charge in [0.2, 0.25) is 0 Å². The fourth-order valence-corrected chi connectivity index (χ4v) is 1.21. The van der Waals surface area contributed by atoms with Crippen LogP contribution in [0.15, 0.2) is 12.8 Å². The van der Waals surface area contributed by atoms with Gasteiger partial charge < -0.3 is 9.47 Å². The Morgan fingerprint density at radius 2 is 2.55 bits per heavy atom. The Hall–Kier alpha value is -1.09. The Morgan fingerprint density at radius 3 is 3.00 bits per heavy atom. The first-order chi connectivity index (χ1) is 5.24. The fourth-order valence-electron chi connectivity index (χ4n) is 0.564. The van der Waals surface area contributed by atoms with Crippen molar-refractivity contribution in [3.63, 3.8) is 0 Å². The molecule has 0 spiro atoms. The van der Waals surface area contributed by atoms with Crippen LogP contribution >= 0.6 is 8.03 Å². The number of ether oxygens (including phenoxy) is 2. The van der Waals surface area contributed by atoms with Crippen LogP contribution in [-0.2, 0) is 18.6 Å². The molecule has 1 aliphatic heterocycles. The Kier molecular flexibility index (Phi) is 2.44. The van der Waals surface area contributed by atoms with Crippen LogP contribution in [0.1, 0.15) is 0 Å². The van der Waals surface area contributed by atoms with E-state index in [-0.39, 0.29) is 6.61 Å². The number of hydrogen-bond donors (Lipinski definition) is 0. The van der Waals surface area contributed by atoms with E-state index in [1.165, 1.54) is 0 Å². The molecule has 6 heteroatoms. The van der Waals surface area contributed by atoms with Gasteiger partial charge in [-0.2, -0.15) is 0 Å². The van der Waals surface area contributed by atoms with E-state index in [1.54, 1.807) is 0 Å². The van der Waals surface area contributed by atoms with Gasteiger partial charge in [0.15, 0.2) is 6.61 Å². The molecule has 60 valence electrons. The van der Waals surface area contributed by atoms with Crippen molar-refractivity contribution in [3.8, 4) is 0 Å². The standard InChI is InChI=1S/C5H6O5P/c1-2-9-11(7)4-3-8-5(6)10-4/h2,4H,1,3H2/q+1. The monoisotopic (exact) mass is 177 g/mol. The summed E-state index contributed by atoms with van der Waals surface area (Å²) in [7, 11) is -2.04. The summed E-state index contributed by atoms with van der Waals surface area (Å²) in [5.41, 5.74) is 0. The molecule has 11 heavy (non-hydrogen) atoms. The van der Waals surface area contributed by atoms with Gasteiger partial charge in [0.05, 0.1) is 0 Å². The molecule has 2 unspecified atom stereocenters. The minimum atomic E-state index is -2.04. The predicted octanol–water partition coefficient (Wildman–Crippen LogP) is 1.38. The second-order valence-electron chi connectivity index (χ2n) is 1.69. The number of carbonyl (C=O) groups is 1. The van der Waals surface area contributed by atoms with Gasteiger partial charge in [-0.15, -0.1) is 0 Å². The van der Waals surface area contributed by atoms with Crippen molar-refractivity contribution in [3.05, 3.63) is 12.8 Å². The molecule has 2 atom stereocenters. The van der Waals surface area contributed by atoms with Gasteiger partial charge >= 0.3 is 20.0 Å². The third kappa shape index (κ3) is 1.91. The van der Waals surface area contributed by atoms with E-state index in [1.807, 2.05) is 0 Å². The first-order valence-corrected chi connectivity index (χ1v) is 4.06. The summed E-state index contributed by atoms with van der Waals surface area (Å²) in [6, 6.07) is 0. The van der Waals surface area contributed by atoms with Crippen LogP contribution < -0.4 is 0 Å². The second-order valence-corrected chi connectivity index (χ2v) is 3.05. The van der Waals surface area contributed by atoms with E-state index in [0.29, 0.717) is 0 Å². The largest absolute Gasteiger partial charge is 0.605 e. The normalized spacial score (nSPS) is 23.5. The maximum Gasteiger partial charge on any atom is 0.605 e. The molecule has 0 bridgehead atoms. The van der Waals surface area contributed by atoms with Crippen LogP contribution in [0.3, 0.4) is 0 Å². The number of rotatable bonds is 3. The summed E-state index contributed by atoms with van der Waals surface area (Å²) in [6.07, 6.45) is 0.219. The highest BCUT2D eigenvalue weighted by molar-refractivity contribution is 7.40. The molecule has 1 heterocycles. The van der Waals surface area contributed by atoms with Gasteiger partial charge in [-0.05, 0) is 4.57 Å². The van der Waals surface area contributed by atoms with Crippen molar-refractivity contribution in [1.82, 2.24) is 0 Å². The van der Waals surface area contributed by atoms with Gasteiger partial charge in [-0.1, -0.05) is 6.58 Å². The molecule has 5 nitrogen and oxygen atoms in total. The molecule has 0 aromatic heterocycles. The van der Waals surface area contributed by atoms with Crippen LogP contribution in [0.5, 0.6) is 0 Å². The van der Waals surface area contributed by atoms with E-state index in [9.17, 15) is 9.36 Å². The summed E-state index contributed by atoms with van der Waals surface area (Å²) < 4.78 is 24.2. The minimum Gasteiger partial charge on any atom is -0.425 e. The molecule has 1 fully saturated rings.